The highest BCUT2D eigenvalue weighted by molar-refractivity contribution is 7.99. The molecule has 0 bridgehead atoms. The Balaban J connectivity index is 1.45. The Morgan fingerprint density at radius 3 is 2.15 bits per heavy atom. The second-order valence-electron chi connectivity index (χ2n) is 7.17. The zero-order valence-corrected chi connectivity index (χ0v) is 18.4. The summed E-state index contributed by atoms with van der Waals surface area (Å²) in [6.45, 7) is 0.921. The molecule has 4 aromatic rings. The summed E-state index contributed by atoms with van der Waals surface area (Å²) in [6, 6.07) is 21.6. The first-order valence-electron chi connectivity index (χ1n) is 10.2. The zero-order chi connectivity index (χ0) is 23.0. The summed E-state index contributed by atoms with van der Waals surface area (Å²) < 4.78 is 28.2. The largest absolute Gasteiger partial charge is 0.378 e. The highest BCUT2D eigenvalue weighted by Gasteiger charge is 2.15. The summed E-state index contributed by atoms with van der Waals surface area (Å²) in [4.78, 5) is 12.4. The third kappa shape index (κ3) is 6.39. The van der Waals surface area contributed by atoms with Crippen LogP contribution in [-0.4, -0.2) is 26.4 Å². The standard InChI is InChI=1S/C24H21F2N5OS/c25-18-6-10-20(11-7-18)27-14-22-29-30-24(31(22)15-17-4-2-1-3-5-17)33-16-23(32)28-21-12-8-19(26)9-13-21/h1-13,27H,14-16H2,(H,28,32). The number of hydrogen-bond acceptors (Lipinski definition) is 5. The highest BCUT2D eigenvalue weighted by atomic mass is 32.2. The van der Waals surface area contributed by atoms with E-state index in [2.05, 4.69) is 20.8 Å². The van der Waals surface area contributed by atoms with Crippen LogP contribution in [0, 0.1) is 11.6 Å². The molecule has 6 nitrogen and oxygen atoms in total. The van der Waals surface area contributed by atoms with Crippen LogP contribution in [0.1, 0.15) is 11.4 Å². The Bertz CT molecular complexity index is 1200. The van der Waals surface area contributed by atoms with Crippen LogP contribution in [0.3, 0.4) is 0 Å². The van der Waals surface area contributed by atoms with Gasteiger partial charge in [0.1, 0.15) is 11.6 Å². The van der Waals surface area contributed by atoms with Crippen molar-refractivity contribution in [2.24, 2.45) is 0 Å². The number of carbonyl (C=O) groups excluding carboxylic acids is 1. The van der Waals surface area contributed by atoms with Crippen LogP contribution in [0.2, 0.25) is 0 Å². The molecule has 1 aromatic heterocycles. The van der Waals surface area contributed by atoms with E-state index in [0.717, 1.165) is 11.3 Å². The third-order valence-electron chi connectivity index (χ3n) is 4.73. The number of carbonyl (C=O) groups is 1. The maximum Gasteiger partial charge on any atom is 0.234 e. The average molecular weight is 466 g/mol. The second kappa shape index (κ2) is 10.7. The monoisotopic (exact) mass is 465 g/mol. The Morgan fingerprint density at radius 2 is 1.48 bits per heavy atom. The SMILES string of the molecule is O=C(CSc1nnc(CNc2ccc(F)cc2)n1Cc1ccccc1)Nc1ccc(F)cc1. The van der Waals surface area contributed by atoms with Crippen molar-refractivity contribution in [2.45, 2.75) is 18.2 Å². The lowest BCUT2D eigenvalue weighted by Gasteiger charge is -2.12. The molecule has 0 aliphatic rings. The summed E-state index contributed by atoms with van der Waals surface area (Å²) in [5, 5.41) is 15.1. The van der Waals surface area contributed by atoms with Gasteiger partial charge >= 0.3 is 0 Å². The topological polar surface area (TPSA) is 71.8 Å². The molecule has 168 valence electrons. The van der Waals surface area contributed by atoms with Gasteiger partial charge in [0.05, 0.1) is 18.8 Å². The smallest absolute Gasteiger partial charge is 0.234 e. The maximum absolute atomic E-state index is 13.2. The molecule has 3 aromatic carbocycles. The molecular formula is C24H21F2N5OS. The van der Waals surface area contributed by atoms with Crippen molar-refractivity contribution in [3.05, 3.63) is 102 Å². The van der Waals surface area contributed by atoms with Gasteiger partial charge in [-0.2, -0.15) is 0 Å². The fourth-order valence-corrected chi connectivity index (χ4v) is 3.85. The molecule has 2 N–H and O–H groups in total. The van der Waals surface area contributed by atoms with Gasteiger partial charge < -0.3 is 15.2 Å². The van der Waals surface area contributed by atoms with Gasteiger partial charge in [0, 0.05) is 11.4 Å². The maximum atomic E-state index is 13.2. The first kappa shape index (κ1) is 22.5. The Morgan fingerprint density at radius 1 is 0.848 bits per heavy atom. The third-order valence-corrected chi connectivity index (χ3v) is 5.70. The van der Waals surface area contributed by atoms with E-state index in [9.17, 15) is 13.6 Å². The van der Waals surface area contributed by atoms with E-state index in [4.69, 9.17) is 0 Å². The number of halogens is 2. The summed E-state index contributed by atoms with van der Waals surface area (Å²) in [5.74, 6) is -0.0876. The molecule has 0 spiro atoms. The van der Waals surface area contributed by atoms with Crippen molar-refractivity contribution in [1.82, 2.24) is 14.8 Å². The highest BCUT2D eigenvalue weighted by Crippen LogP contribution is 2.20. The number of nitrogens with zero attached hydrogens (tertiary/aromatic N) is 3. The van der Waals surface area contributed by atoms with E-state index >= 15 is 0 Å². The summed E-state index contributed by atoms with van der Waals surface area (Å²) in [5.41, 5.74) is 2.36. The van der Waals surface area contributed by atoms with Crippen LogP contribution in [0.25, 0.3) is 0 Å². The van der Waals surface area contributed by atoms with Gasteiger partial charge in [-0.25, -0.2) is 8.78 Å². The average Bonchev–Trinajstić information content (AvgIpc) is 3.21. The van der Waals surface area contributed by atoms with Crippen LogP contribution < -0.4 is 10.6 Å². The van der Waals surface area contributed by atoms with Crippen molar-refractivity contribution in [1.29, 1.82) is 0 Å². The molecule has 0 unspecified atom stereocenters. The van der Waals surface area contributed by atoms with Gasteiger partial charge in [-0.1, -0.05) is 42.1 Å². The van der Waals surface area contributed by atoms with Gasteiger partial charge in [-0.15, -0.1) is 10.2 Å². The van der Waals surface area contributed by atoms with Crippen LogP contribution in [0.15, 0.2) is 84.0 Å². The Hall–Kier alpha value is -3.72. The molecule has 0 fully saturated rings. The van der Waals surface area contributed by atoms with Gasteiger partial charge in [0.15, 0.2) is 11.0 Å². The van der Waals surface area contributed by atoms with Crippen LogP contribution in [0.5, 0.6) is 0 Å². The van der Waals surface area contributed by atoms with E-state index in [1.807, 2.05) is 34.9 Å². The number of hydrogen-bond donors (Lipinski definition) is 2. The molecule has 1 heterocycles. The lowest BCUT2D eigenvalue weighted by molar-refractivity contribution is -0.113. The van der Waals surface area contributed by atoms with E-state index in [1.54, 1.807) is 12.1 Å². The minimum Gasteiger partial charge on any atom is -0.378 e. The molecule has 9 heteroatoms. The summed E-state index contributed by atoms with van der Waals surface area (Å²) in [6.07, 6.45) is 0. The van der Waals surface area contributed by atoms with Crippen LogP contribution in [0.4, 0.5) is 20.2 Å². The zero-order valence-electron chi connectivity index (χ0n) is 17.5. The molecule has 0 aliphatic heterocycles. The molecule has 1 amide bonds. The van der Waals surface area contributed by atoms with Crippen molar-refractivity contribution in [3.8, 4) is 0 Å². The molecule has 33 heavy (non-hydrogen) atoms. The normalized spacial score (nSPS) is 10.7. The van der Waals surface area contributed by atoms with Gasteiger partial charge in [0.25, 0.3) is 0 Å². The van der Waals surface area contributed by atoms with Crippen LogP contribution in [-0.2, 0) is 17.9 Å². The van der Waals surface area contributed by atoms with E-state index in [1.165, 1.54) is 48.2 Å². The molecule has 0 saturated carbocycles. The van der Waals surface area contributed by atoms with E-state index in [-0.39, 0.29) is 23.3 Å². The number of nitrogens with one attached hydrogen (secondary N) is 2. The Labute approximate surface area is 194 Å². The number of benzene rings is 3. The molecule has 0 atom stereocenters. The van der Waals surface area contributed by atoms with Crippen molar-refractivity contribution in [3.63, 3.8) is 0 Å². The summed E-state index contributed by atoms with van der Waals surface area (Å²) in [7, 11) is 0. The predicted octanol–water partition coefficient (Wildman–Crippen LogP) is 4.95. The first-order chi connectivity index (χ1) is 16.1. The minimum absolute atomic E-state index is 0.121. The van der Waals surface area contributed by atoms with Crippen molar-refractivity contribution >= 4 is 29.0 Å². The molecule has 0 saturated heterocycles. The summed E-state index contributed by atoms with van der Waals surface area (Å²) >= 11 is 1.27. The predicted molar refractivity (Wildman–Crippen MR) is 125 cm³/mol. The van der Waals surface area contributed by atoms with Crippen LogP contribution >= 0.6 is 11.8 Å². The minimum atomic E-state index is -0.363. The van der Waals surface area contributed by atoms with E-state index in [0.29, 0.717) is 29.8 Å². The number of anilines is 2. The molecule has 4 rings (SSSR count). The van der Waals surface area contributed by atoms with Gasteiger partial charge in [-0.3, -0.25) is 4.79 Å². The lowest BCUT2D eigenvalue weighted by Crippen LogP contribution is -2.15. The Kier molecular flexibility index (Phi) is 7.31. The fourth-order valence-electron chi connectivity index (χ4n) is 3.09. The first-order valence-corrected chi connectivity index (χ1v) is 11.2. The van der Waals surface area contributed by atoms with Gasteiger partial charge in [0.2, 0.25) is 5.91 Å². The van der Waals surface area contributed by atoms with Crippen molar-refractivity contribution in [2.75, 3.05) is 16.4 Å². The molecule has 0 aliphatic carbocycles. The quantitative estimate of drug-likeness (QED) is 0.342. The number of amides is 1. The number of rotatable bonds is 9. The lowest BCUT2D eigenvalue weighted by atomic mass is 10.2. The van der Waals surface area contributed by atoms with E-state index < -0.39 is 0 Å². The molecular weight excluding hydrogens is 444 g/mol. The van der Waals surface area contributed by atoms with Crippen molar-refractivity contribution < 1.29 is 13.6 Å². The second-order valence-corrected chi connectivity index (χ2v) is 8.12. The number of aromatic nitrogens is 3. The number of thioether (sulfide) groups is 1. The molecule has 0 radical (unpaired) electrons. The fraction of sp³-hybridized carbons (Fsp3) is 0.125. The van der Waals surface area contributed by atoms with Gasteiger partial charge in [-0.05, 0) is 54.1 Å².